The molecule has 0 bridgehead atoms. The molecule has 1 amide bonds. The number of carbonyl (C=O) groups excluding carboxylic acids is 1. The van der Waals surface area contributed by atoms with Crippen molar-refractivity contribution >= 4 is 5.91 Å². The van der Waals surface area contributed by atoms with Crippen molar-refractivity contribution in [2.45, 2.75) is 64.3 Å². The second kappa shape index (κ2) is 5.91. The third-order valence-electron chi connectivity index (χ3n) is 5.42. The molecule has 126 valence electrons. The second-order valence-electron chi connectivity index (χ2n) is 7.27. The number of fused-ring (bicyclic) bond motifs is 1. The van der Waals surface area contributed by atoms with Crippen LogP contribution in [0.4, 0.5) is 0 Å². The van der Waals surface area contributed by atoms with Crippen LogP contribution in [0.1, 0.15) is 42.7 Å². The van der Waals surface area contributed by atoms with E-state index >= 15 is 0 Å². The Morgan fingerprint density at radius 2 is 2.17 bits per heavy atom. The SMILES string of the molecule is Cc1noc(C)c1CN1CC[C@H]2C[C@@H](C(=O)NC3CC3)O[C@@H]2C1. The molecule has 6 heteroatoms. The lowest BCUT2D eigenvalue weighted by atomic mass is 9.91. The van der Waals surface area contributed by atoms with Crippen molar-refractivity contribution in [1.29, 1.82) is 0 Å². The zero-order valence-electron chi connectivity index (χ0n) is 13.9. The van der Waals surface area contributed by atoms with Crippen molar-refractivity contribution in [3.63, 3.8) is 0 Å². The summed E-state index contributed by atoms with van der Waals surface area (Å²) in [6.45, 7) is 6.75. The summed E-state index contributed by atoms with van der Waals surface area (Å²) < 4.78 is 11.3. The highest BCUT2D eigenvalue weighted by atomic mass is 16.5. The number of amides is 1. The Balaban J connectivity index is 1.35. The summed E-state index contributed by atoms with van der Waals surface area (Å²) in [5.41, 5.74) is 2.16. The number of rotatable bonds is 4. The van der Waals surface area contributed by atoms with Gasteiger partial charge in [-0.2, -0.15) is 0 Å². The summed E-state index contributed by atoms with van der Waals surface area (Å²) in [4.78, 5) is 14.6. The van der Waals surface area contributed by atoms with E-state index in [0.717, 1.165) is 56.8 Å². The minimum absolute atomic E-state index is 0.0965. The normalized spacial score (nSPS) is 31.1. The summed E-state index contributed by atoms with van der Waals surface area (Å²) in [7, 11) is 0. The van der Waals surface area contributed by atoms with Gasteiger partial charge in [0.05, 0.1) is 11.8 Å². The van der Waals surface area contributed by atoms with E-state index in [9.17, 15) is 4.79 Å². The Kier molecular flexibility index (Phi) is 3.89. The van der Waals surface area contributed by atoms with Gasteiger partial charge in [-0.05, 0) is 52.0 Å². The summed E-state index contributed by atoms with van der Waals surface area (Å²) in [6, 6.07) is 0.407. The molecule has 3 heterocycles. The summed E-state index contributed by atoms with van der Waals surface area (Å²) >= 11 is 0. The molecule has 1 aromatic rings. The summed E-state index contributed by atoms with van der Waals surface area (Å²) in [5.74, 6) is 1.52. The molecular formula is C17H25N3O3. The zero-order chi connectivity index (χ0) is 16.0. The van der Waals surface area contributed by atoms with Crippen molar-refractivity contribution in [3.05, 3.63) is 17.0 Å². The highest BCUT2D eigenvalue weighted by Gasteiger charge is 2.42. The smallest absolute Gasteiger partial charge is 0.249 e. The Hall–Kier alpha value is -1.40. The van der Waals surface area contributed by atoms with Crippen LogP contribution in [0, 0.1) is 19.8 Å². The van der Waals surface area contributed by atoms with Crippen molar-refractivity contribution in [2.24, 2.45) is 5.92 Å². The van der Waals surface area contributed by atoms with Gasteiger partial charge in [0.1, 0.15) is 11.9 Å². The highest BCUT2D eigenvalue weighted by Crippen LogP contribution is 2.34. The van der Waals surface area contributed by atoms with E-state index in [-0.39, 0.29) is 18.1 Å². The fourth-order valence-electron chi connectivity index (χ4n) is 3.78. The lowest BCUT2D eigenvalue weighted by Gasteiger charge is -2.33. The van der Waals surface area contributed by atoms with E-state index in [4.69, 9.17) is 9.26 Å². The summed E-state index contributed by atoms with van der Waals surface area (Å²) in [5, 5.41) is 7.10. The van der Waals surface area contributed by atoms with Gasteiger partial charge < -0.3 is 14.6 Å². The maximum atomic E-state index is 12.2. The molecule has 3 aliphatic rings. The molecular weight excluding hydrogens is 294 g/mol. The number of nitrogens with zero attached hydrogens (tertiary/aromatic N) is 2. The van der Waals surface area contributed by atoms with Crippen molar-refractivity contribution in [3.8, 4) is 0 Å². The lowest BCUT2D eigenvalue weighted by Crippen LogP contribution is -2.42. The van der Waals surface area contributed by atoms with E-state index in [1.165, 1.54) is 5.56 Å². The Labute approximate surface area is 136 Å². The molecule has 6 nitrogen and oxygen atoms in total. The molecule has 2 aliphatic heterocycles. The monoisotopic (exact) mass is 319 g/mol. The molecule has 0 unspecified atom stereocenters. The van der Waals surface area contributed by atoms with Crippen LogP contribution in [-0.4, -0.2) is 47.3 Å². The number of aryl methyl sites for hydroxylation is 2. The van der Waals surface area contributed by atoms with Crippen LogP contribution >= 0.6 is 0 Å². The van der Waals surface area contributed by atoms with E-state index in [2.05, 4.69) is 15.4 Å². The van der Waals surface area contributed by atoms with Crippen LogP contribution < -0.4 is 5.32 Å². The first-order chi connectivity index (χ1) is 11.1. The van der Waals surface area contributed by atoms with E-state index in [1.54, 1.807) is 0 Å². The number of piperidine rings is 1. The fourth-order valence-corrected chi connectivity index (χ4v) is 3.78. The van der Waals surface area contributed by atoms with Crippen LogP contribution in [0.3, 0.4) is 0 Å². The van der Waals surface area contributed by atoms with Crippen LogP contribution in [0.25, 0.3) is 0 Å². The number of carbonyl (C=O) groups is 1. The Morgan fingerprint density at radius 1 is 1.35 bits per heavy atom. The van der Waals surface area contributed by atoms with Crippen LogP contribution in [0.2, 0.25) is 0 Å². The Morgan fingerprint density at radius 3 is 2.87 bits per heavy atom. The molecule has 3 atom stereocenters. The lowest BCUT2D eigenvalue weighted by molar-refractivity contribution is -0.133. The Bertz CT molecular complexity index is 576. The van der Waals surface area contributed by atoms with Crippen LogP contribution in [-0.2, 0) is 16.1 Å². The van der Waals surface area contributed by atoms with Gasteiger partial charge in [-0.1, -0.05) is 5.16 Å². The summed E-state index contributed by atoms with van der Waals surface area (Å²) in [6.07, 6.45) is 4.15. The van der Waals surface area contributed by atoms with Gasteiger partial charge in [-0.25, -0.2) is 0 Å². The largest absolute Gasteiger partial charge is 0.364 e. The molecule has 4 rings (SSSR count). The molecule has 23 heavy (non-hydrogen) atoms. The molecule has 1 saturated carbocycles. The van der Waals surface area contributed by atoms with Gasteiger partial charge in [-0.15, -0.1) is 0 Å². The van der Waals surface area contributed by atoms with Gasteiger partial charge in [-0.3, -0.25) is 9.69 Å². The first kappa shape index (κ1) is 15.1. The van der Waals surface area contributed by atoms with E-state index in [0.29, 0.717) is 12.0 Å². The van der Waals surface area contributed by atoms with E-state index in [1.807, 2.05) is 13.8 Å². The second-order valence-corrected chi connectivity index (χ2v) is 7.27. The first-order valence-electron chi connectivity index (χ1n) is 8.70. The number of hydrogen-bond donors (Lipinski definition) is 1. The maximum Gasteiger partial charge on any atom is 0.249 e. The number of nitrogens with one attached hydrogen (secondary N) is 1. The fraction of sp³-hybridized carbons (Fsp3) is 0.765. The van der Waals surface area contributed by atoms with Crippen molar-refractivity contribution in [1.82, 2.24) is 15.4 Å². The number of likely N-dealkylation sites (tertiary alicyclic amines) is 1. The molecule has 2 saturated heterocycles. The van der Waals surface area contributed by atoms with Gasteiger partial charge in [0.2, 0.25) is 5.91 Å². The van der Waals surface area contributed by atoms with Gasteiger partial charge in [0.25, 0.3) is 0 Å². The molecule has 1 aromatic heterocycles. The molecule has 0 aromatic carbocycles. The number of hydrogen-bond acceptors (Lipinski definition) is 5. The van der Waals surface area contributed by atoms with Gasteiger partial charge >= 0.3 is 0 Å². The maximum absolute atomic E-state index is 12.2. The third kappa shape index (κ3) is 3.15. The average molecular weight is 319 g/mol. The molecule has 3 fully saturated rings. The van der Waals surface area contributed by atoms with Crippen LogP contribution in [0.5, 0.6) is 0 Å². The molecule has 1 aliphatic carbocycles. The molecule has 0 spiro atoms. The zero-order valence-corrected chi connectivity index (χ0v) is 13.9. The predicted octanol–water partition coefficient (Wildman–Crippen LogP) is 1.55. The van der Waals surface area contributed by atoms with Crippen LogP contribution in [0.15, 0.2) is 4.52 Å². The van der Waals surface area contributed by atoms with Gasteiger partial charge in [0.15, 0.2) is 0 Å². The van der Waals surface area contributed by atoms with Gasteiger partial charge in [0, 0.05) is 24.7 Å². The quantitative estimate of drug-likeness (QED) is 0.912. The predicted molar refractivity (Wildman–Crippen MR) is 83.8 cm³/mol. The minimum atomic E-state index is -0.246. The molecule has 0 radical (unpaired) electrons. The van der Waals surface area contributed by atoms with Crippen molar-refractivity contribution in [2.75, 3.05) is 13.1 Å². The highest BCUT2D eigenvalue weighted by molar-refractivity contribution is 5.81. The topological polar surface area (TPSA) is 67.6 Å². The minimum Gasteiger partial charge on any atom is -0.364 e. The molecule has 1 N–H and O–H groups in total. The number of aromatic nitrogens is 1. The third-order valence-corrected chi connectivity index (χ3v) is 5.42. The van der Waals surface area contributed by atoms with Crippen molar-refractivity contribution < 1.29 is 14.1 Å². The van der Waals surface area contributed by atoms with E-state index < -0.39 is 0 Å². The first-order valence-corrected chi connectivity index (χ1v) is 8.70. The standard InChI is InChI=1S/C17H25N3O3/c1-10-14(11(2)23-19-10)8-20-6-5-12-7-15(22-16(12)9-20)17(21)18-13-3-4-13/h12-13,15-16H,3-9H2,1-2H3,(H,18,21)/t12-,15-,16+/m0/s1. The average Bonchev–Trinajstić information content (AvgIpc) is 3.15. The number of ether oxygens (including phenoxy) is 1.